The fraction of sp³-hybridized carbons (Fsp3) is 0.316. The second-order valence-corrected chi connectivity index (χ2v) is 6.02. The van der Waals surface area contributed by atoms with Crippen LogP contribution in [0.25, 0.3) is 0 Å². The Hall–Kier alpha value is -2.73. The Morgan fingerprint density at radius 2 is 1.92 bits per heavy atom. The van der Waals surface area contributed by atoms with Gasteiger partial charge in [-0.25, -0.2) is 0 Å². The first kappa shape index (κ1) is 18.6. The van der Waals surface area contributed by atoms with Crippen molar-refractivity contribution >= 4 is 17.5 Å². The summed E-state index contributed by atoms with van der Waals surface area (Å²) in [6, 6.07) is 10.2. The standard InChI is InChI=1S/C19H24N4O2/c1-3-13(2)17(20)19(25)22-11-14-6-8-16(9-7-14)23-18(24)15-5-4-10-21-12-15/h4-10,12-13,17H,3,11,20H2,1-2H3,(H,22,25)(H,23,24). The summed E-state index contributed by atoms with van der Waals surface area (Å²) < 4.78 is 0. The third kappa shape index (κ3) is 5.39. The molecule has 6 heteroatoms. The smallest absolute Gasteiger partial charge is 0.257 e. The van der Waals surface area contributed by atoms with Crippen molar-refractivity contribution in [1.29, 1.82) is 0 Å². The molecule has 25 heavy (non-hydrogen) atoms. The third-order valence-corrected chi connectivity index (χ3v) is 4.16. The van der Waals surface area contributed by atoms with Gasteiger partial charge in [0.1, 0.15) is 0 Å². The number of hydrogen-bond acceptors (Lipinski definition) is 4. The van der Waals surface area contributed by atoms with Crippen LogP contribution in [-0.4, -0.2) is 22.8 Å². The van der Waals surface area contributed by atoms with Gasteiger partial charge in [0.2, 0.25) is 5.91 Å². The summed E-state index contributed by atoms with van der Waals surface area (Å²) >= 11 is 0. The lowest BCUT2D eigenvalue weighted by Gasteiger charge is -2.17. The predicted octanol–water partition coefficient (Wildman–Crippen LogP) is 2.32. The average Bonchev–Trinajstić information content (AvgIpc) is 2.66. The van der Waals surface area contributed by atoms with Gasteiger partial charge in [-0.3, -0.25) is 14.6 Å². The molecule has 4 N–H and O–H groups in total. The van der Waals surface area contributed by atoms with E-state index in [-0.39, 0.29) is 17.7 Å². The molecule has 0 radical (unpaired) electrons. The third-order valence-electron chi connectivity index (χ3n) is 4.16. The number of nitrogens with two attached hydrogens (primary N) is 1. The van der Waals surface area contributed by atoms with Gasteiger partial charge >= 0.3 is 0 Å². The topological polar surface area (TPSA) is 97.1 Å². The Morgan fingerprint density at radius 3 is 2.52 bits per heavy atom. The van der Waals surface area contributed by atoms with Gasteiger partial charge in [0.15, 0.2) is 0 Å². The zero-order valence-electron chi connectivity index (χ0n) is 14.5. The van der Waals surface area contributed by atoms with Gasteiger partial charge < -0.3 is 16.4 Å². The zero-order valence-corrected chi connectivity index (χ0v) is 14.5. The van der Waals surface area contributed by atoms with E-state index in [4.69, 9.17) is 5.73 Å². The first-order chi connectivity index (χ1) is 12.0. The molecular formula is C19H24N4O2. The van der Waals surface area contributed by atoms with E-state index in [1.54, 1.807) is 30.5 Å². The Kier molecular flexibility index (Phi) is 6.65. The van der Waals surface area contributed by atoms with Crippen LogP contribution < -0.4 is 16.4 Å². The first-order valence-corrected chi connectivity index (χ1v) is 8.35. The number of aromatic nitrogens is 1. The number of rotatable bonds is 7. The molecule has 2 rings (SSSR count). The van der Waals surface area contributed by atoms with Gasteiger partial charge in [-0.2, -0.15) is 0 Å². The van der Waals surface area contributed by atoms with Crippen LogP contribution in [0.4, 0.5) is 5.69 Å². The molecule has 0 saturated carbocycles. The molecule has 0 aliphatic heterocycles. The normalized spacial score (nSPS) is 12.9. The van der Waals surface area contributed by atoms with E-state index in [2.05, 4.69) is 15.6 Å². The highest BCUT2D eigenvalue weighted by Gasteiger charge is 2.18. The van der Waals surface area contributed by atoms with Crippen LogP contribution in [0.2, 0.25) is 0 Å². The number of pyridine rings is 1. The van der Waals surface area contributed by atoms with Crippen molar-refractivity contribution in [1.82, 2.24) is 10.3 Å². The van der Waals surface area contributed by atoms with Crippen molar-refractivity contribution in [3.63, 3.8) is 0 Å². The lowest BCUT2D eigenvalue weighted by molar-refractivity contribution is -0.123. The van der Waals surface area contributed by atoms with Crippen LogP contribution in [0, 0.1) is 5.92 Å². The number of anilines is 1. The highest BCUT2D eigenvalue weighted by atomic mass is 16.2. The predicted molar refractivity (Wildman–Crippen MR) is 97.9 cm³/mol. The van der Waals surface area contributed by atoms with Crippen molar-refractivity contribution in [2.75, 3.05) is 5.32 Å². The number of hydrogen-bond donors (Lipinski definition) is 3. The van der Waals surface area contributed by atoms with Crippen LogP contribution >= 0.6 is 0 Å². The van der Waals surface area contributed by atoms with Crippen LogP contribution in [-0.2, 0) is 11.3 Å². The number of benzene rings is 1. The Balaban J connectivity index is 1.88. The quantitative estimate of drug-likeness (QED) is 0.720. The minimum absolute atomic E-state index is 0.144. The van der Waals surface area contributed by atoms with Gasteiger partial charge in [-0.15, -0.1) is 0 Å². The van der Waals surface area contributed by atoms with E-state index in [1.165, 1.54) is 6.20 Å². The number of carbonyl (C=O) groups excluding carboxylic acids is 2. The minimum Gasteiger partial charge on any atom is -0.351 e. The largest absolute Gasteiger partial charge is 0.351 e. The molecule has 0 aliphatic carbocycles. The molecule has 2 unspecified atom stereocenters. The molecule has 1 heterocycles. The van der Waals surface area contributed by atoms with Gasteiger partial charge in [0.25, 0.3) is 5.91 Å². The minimum atomic E-state index is -0.497. The molecule has 6 nitrogen and oxygen atoms in total. The summed E-state index contributed by atoms with van der Waals surface area (Å²) in [5.74, 6) is -0.220. The molecule has 2 atom stereocenters. The van der Waals surface area contributed by atoms with Crippen LogP contribution in [0.3, 0.4) is 0 Å². The van der Waals surface area contributed by atoms with Crippen molar-refractivity contribution in [3.05, 3.63) is 59.9 Å². The fourth-order valence-corrected chi connectivity index (χ4v) is 2.23. The van der Waals surface area contributed by atoms with Gasteiger partial charge in [0.05, 0.1) is 11.6 Å². The molecule has 2 amide bonds. The van der Waals surface area contributed by atoms with E-state index in [1.807, 2.05) is 26.0 Å². The lowest BCUT2D eigenvalue weighted by atomic mass is 9.99. The highest BCUT2D eigenvalue weighted by Crippen LogP contribution is 2.11. The Bertz CT molecular complexity index is 701. The van der Waals surface area contributed by atoms with Crippen molar-refractivity contribution < 1.29 is 9.59 Å². The van der Waals surface area contributed by atoms with Crippen LogP contribution in [0.5, 0.6) is 0 Å². The monoisotopic (exact) mass is 340 g/mol. The average molecular weight is 340 g/mol. The molecule has 0 bridgehead atoms. The Labute approximate surface area is 147 Å². The van der Waals surface area contributed by atoms with Gasteiger partial charge in [-0.05, 0) is 35.7 Å². The van der Waals surface area contributed by atoms with Crippen LogP contribution in [0.15, 0.2) is 48.8 Å². The molecule has 132 valence electrons. The number of nitrogens with one attached hydrogen (secondary N) is 2. The van der Waals surface area contributed by atoms with Crippen LogP contribution in [0.1, 0.15) is 36.2 Å². The van der Waals surface area contributed by atoms with E-state index in [9.17, 15) is 9.59 Å². The molecule has 1 aromatic carbocycles. The van der Waals surface area contributed by atoms with Crippen molar-refractivity contribution in [2.45, 2.75) is 32.9 Å². The summed E-state index contributed by atoms with van der Waals surface area (Å²) in [5, 5.41) is 5.65. The maximum Gasteiger partial charge on any atom is 0.257 e. The van der Waals surface area contributed by atoms with Gasteiger partial charge in [-0.1, -0.05) is 32.4 Å². The summed E-state index contributed by atoms with van der Waals surface area (Å²) in [7, 11) is 0. The molecule has 0 spiro atoms. The molecule has 0 saturated heterocycles. The van der Waals surface area contributed by atoms with Gasteiger partial charge in [0, 0.05) is 24.6 Å². The summed E-state index contributed by atoms with van der Waals surface area (Å²) in [6.07, 6.45) is 3.99. The molecule has 2 aromatic rings. The SMILES string of the molecule is CCC(C)C(N)C(=O)NCc1ccc(NC(=O)c2cccnc2)cc1. The van der Waals surface area contributed by atoms with Crippen molar-refractivity contribution in [2.24, 2.45) is 11.7 Å². The molecule has 1 aromatic heterocycles. The second-order valence-electron chi connectivity index (χ2n) is 6.02. The highest BCUT2D eigenvalue weighted by molar-refractivity contribution is 6.04. The zero-order chi connectivity index (χ0) is 18.2. The lowest BCUT2D eigenvalue weighted by Crippen LogP contribution is -2.44. The summed E-state index contributed by atoms with van der Waals surface area (Å²) in [4.78, 5) is 28.0. The van der Waals surface area contributed by atoms with E-state index >= 15 is 0 Å². The second kappa shape index (κ2) is 8.94. The maximum atomic E-state index is 12.1. The number of nitrogens with zero attached hydrogens (tertiary/aromatic N) is 1. The van der Waals surface area contributed by atoms with Crippen molar-refractivity contribution in [3.8, 4) is 0 Å². The summed E-state index contributed by atoms with van der Waals surface area (Å²) in [5.41, 5.74) is 8.02. The van der Waals surface area contributed by atoms with E-state index in [0.29, 0.717) is 17.8 Å². The number of amides is 2. The molecule has 0 fully saturated rings. The maximum absolute atomic E-state index is 12.1. The first-order valence-electron chi connectivity index (χ1n) is 8.35. The molecular weight excluding hydrogens is 316 g/mol. The Morgan fingerprint density at radius 1 is 1.20 bits per heavy atom. The van der Waals surface area contributed by atoms with E-state index in [0.717, 1.165) is 12.0 Å². The van der Waals surface area contributed by atoms with E-state index < -0.39 is 6.04 Å². The molecule has 0 aliphatic rings. The fourth-order valence-electron chi connectivity index (χ4n) is 2.23. The number of carbonyl (C=O) groups is 2. The summed E-state index contributed by atoms with van der Waals surface area (Å²) in [6.45, 7) is 4.38.